The van der Waals surface area contributed by atoms with Gasteiger partial charge < -0.3 is 15.4 Å². The molecule has 3 N–H and O–H groups in total. The quantitative estimate of drug-likeness (QED) is 0.542. The fourth-order valence-electron chi connectivity index (χ4n) is 3.98. The minimum atomic E-state index is -0.923. The number of carboxylic acid groups (broad SMARTS) is 1. The Kier molecular flexibility index (Phi) is 6.22. The van der Waals surface area contributed by atoms with E-state index in [9.17, 15) is 19.1 Å². The maximum atomic E-state index is 13.3. The topological polar surface area (TPSA) is 88.7 Å². The Morgan fingerprint density at radius 2 is 1.94 bits per heavy atom. The zero-order valence-electron chi connectivity index (χ0n) is 16.6. The number of carbonyl (C=O) groups is 2. The van der Waals surface area contributed by atoms with Gasteiger partial charge in [0.15, 0.2) is 0 Å². The van der Waals surface area contributed by atoms with E-state index in [2.05, 4.69) is 10.3 Å². The third kappa shape index (κ3) is 4.87. The van der Waals surface area contributed by atoms with Crippen LogP contribution in [0.1, 0.15) is 11.6 Å². The van der Waals surface area contributed by atoms with Crippen molar-refractivity contribution < 1.29 is 19.1 Å². The van der Waals surface area contributed by atoms with E-state index in [4.69, 9.17) is 11.6 Å². The number of fused-ring (bicyclic) bond motifs is 1. The second kappa shape index (κ2) is 9.05. The van der Waals surface area contributed by atoms with Crippen LogP contribution in [0.25, 0.3) is 10.9 Å². The summed E-state index contributed by atoms with van der Waals surface area (Å²) >= 11 is 6.03. The molecule has 31 heavy (non-hydrogen) atoms. The van der Waals surface area contributed by atoms with Gasteiger partial charge in [0.25, 0.3) is 0 Å². The number of piperazine rings is 1. The molecule has 1 aromatic heterocycles. The van der Waals surface area contributed by atoms with E-state index in [1.807, 2.05) is 15.9 Å². The van der Waals surface area contributed by atoms with Crippen LogP contribution in [0.3, 0.4) is 0 Å². The summed E-state index contributed by atoms with van der Waals surface area (Å²) in [5, 5.41) is 14.0. The van der Waals surface area contributed by atoms with Gasteiger partial charge in [-0.3, -0.25) is 19.4 Å². The van der Waals surface area contributed by atoms with Gasteiger partial charge in [-0.2, -0.15) is 0 Å². The number of benzene rings is 2. The van der Waals surface area contributed by atoms with E-state index in [-0.39, 0.29) is 12.5 Å². The standard InChI is InChI=1S/C22H22ClFN4O3/c23-14-4-5-17-18(12-25-19(17)10-14)21(22(30)31)28-8-6-27(7-9-28)13-20(29)26-16-3-1-2-15(24)11-16/h1-5,10-12,21,25H,6-9,13H2,(H,26,29)(H,30,31)/t21-/m0/s1. The van der Waals surface area contributed by atoms with Crippen molar-refractivity contribution >= 4 is 40.1 Å². The third-order valence-corrected chi connectivity index (χ3v) is 5.69. The van der Waals surface area contributed by atoms with Crippen molar-refractivity contribution in [2.75, 3.05) is 38.0 Å². The molecule has 1 amide bonds. The number of anilines is 1. The molecule has 1 aliphatic rings. The number of H-pyrrole nitrogens is 1. The second-order valence-electron chi connectivity index (χ2n) is 7.55. The number of halogens is 2. The molecule has 1 saturated heterocycles. The first-order chi connectivity index (χ1) is 14.9. The lowest BCUT2D eigenvalue weighted by Crippen LogP contribution is -2.50. The molecule has 0 unspecified atom stereocenters. The molecule has 2 heterocycles. The molecule has 7 nitrogen and oxygen atoms in total. The number of aliphatic carboxylic acids is 1. The Hall–Kier alpha value is -2.94. The number of nitrogens with one attached hydrogen (secondary N) is 2. The van der Waals surface area contributed by atoms with E-state index >= 15 is 0 Å². The van der Waals surface area contributed by atoms with Crippen molar-refractivity contribution in [3.05, 3.63) is 65.1 Å². The number of hydrogen-bond acceptors (Lipinski definition) is 4. The van der Waals surface area contributed by atoms with Crippen molar-refractivity contribution in [1.29, 1.82) is 0 Å². The monoisotopic (exact) mass is 444 g/mol. The smallest absolute Gasteiger partial charge is 0.325 e. The van der Waals surface area contributed by atoms with E-state index in [1.165, 1.54) is 18.2 Å². The van der Waals surface area contributed by atoms with Crippen LogP contribution in [0.15, 0.2) is 48.7 Å². The van der Waals surface area contributed by atoms with Gasteiger partial charge in [-0.15, -0.1) is 0 Å². The first-order valence-electron chi connectivity index (χ1n) is 9.92. The maximum Gasteiger partial charge on any atom is 0.325 e. The molecule has 4 rings (SSSR count). The predicted molar refractivity (Wildman–Crippen MR) is 117 cm³/mol. The van der Waals surface area contributed by atoms with E-state index < -0.39 is 17.8 Å². The van der Waals surface area contributed by atoms with Crippen molar-refractivity contribution in [3.63, 3.8) is 0 Å². The zero-order valence-corrected chi connectivity index (χ0v) is 17.4. The molecule has 0 bridgehead atoms. The normalized spacial score (nSPS) is 16.3. The molecule has 1 fully saturated rings. The Morgan fingerprint density at radius 1 is 1.16 bits per heavy atom. The van der Waals surface area contributed by atoms with Crippen molar-refractivity contribution in [2.45, 2.75) is 6.04 Å². The second-order valence-corrected chi connectivity index (χ2v) is 7.98. The number of aromatic amines is 1. The number of hydrogen-bond donors (Lipinski definition) is 3. The minimum absolute atomic E-state index is 0.160. The highest BCUT2D eigenvalue weighted by Gasteiger charge is 2.32. The fraction of sp³-hybridized carbons (Fsp3) is 0.273. The lowest BCUT2D eigenvalue weighted by Gasteiger charge is -2.37. The van der Waals surface area contributed by atoms with Crippen molar-refractivity contribution in [1.82, 2.24) is 14.8 Å². The van der Waals surface area contributed by atoms with Crippen LogP contribution < -0.4 is 5.32 Å². The summed E-state index contributed by atoms with van der Waals surface area (Å²) in [6, 6.07) is 10.3. The van der Waals surface area contributed by atoms with Crippen LogP contribution in [0.5, 0.6) is 0 Å². The summed E-state index contributed by atoms with van der Waals surface area (Å²) in [6.45, 7) is 2.27. The highest BCUT2D eigenvalue weighted by atomic mass is 35.5. The lowest BCUT2D eigenvalue weighted by molar-refractivity contribution is -0.144. The van der Waals surface area contributed by atoms with Gasteiger partial charge in [0, 0.05) is 59.6 Å². The molecule has 9 heteroatoms. The van der Waals surface area contributed by atoms with Crippen molar-refractivity contribution in [2.24, 2.45) is 0 Å². The summed E-state index contributed by atoms with van der Waals surface area (Å²) in [5.41, 5.74) is 1.90. The largest absolute Gasteiger partial charge is 0.480 e. The number of carboxylic acids is 1. The molecule has 0 saturated carbocycles. The number of carbonyl (C=O) groups excluding carboxylic acids is 1. The summed E-state index contributed by atoms with van der Waals surface area (Å²) in [7, 11) is 0. The summed E-state index contributed by atoms with van der Waals surface area (Å²) in [6.07, 6.45) is 1.72. The molecule has 1 aliphatic heterocycles. The third-order valence-electron chi connectivity index (χ3n) is 5.45. The summed E-state index contributed by atoms with van der Waals surface area (Å²) in [5.74, 6) is -1.57. The van der Waals surface area contributed by atoms with Crippen LogP contribution in [-0.2, 0) is 9.59 Å². The van der Waals surface area contributed by atoms with E-state index in [0.717, 1.165) is 10.9 Å². The first-order valence-corrected chi connectivity index (χ1v) is 10.3. The Bertz CT molecular complexity index is 1110. The van der Waals surface area contributed by atoms with Gasteiger partial charge in [-0.05, 0) is 30.3 Å². The molecular formula is C22H22ClFN4O3. The molecule has 0 aliphatic carbocycles. The fourth-order valence-corrected chi connectivity index (χ4v) is 4.15. The van der Waals surface area contributed by atoms with Crippen LogP contribution in [0, 0.1) is 5.82 Å². The number of amides is 1. The van der Waals surface area contributed by atoms with E-state index in [0.29, 0.717) is 42.5 Å². The van der Waals surface area contributed by atoms with Crippen LogP contribution in [0.4, 0.5) is 10.1 Å². The summed E-state index contributed by atoms with van der Waals surface area (Å²) in [4.78, 5) is 31.3. The van der Waals surface area contributed by atoms with Crippen molar-refractivity contribution in [3.8, 4) is 0 Å². The predicted octanol–water partition coefficient (Wildman–Crippen LogP) is 3.34. The number of nitrogens with zero attached hydrogens (tertiary/aromatic N) is 2. The van der Waals surface area contributed by atoms with Gasteiger partial charge in [-0.1, -0.05) is 23.7 Å². The lowest BCUT2D eigenvalue weighted by atomic mass is 10.0. The van der Waals surface area contributed by atoms with Crippen LogP contribution in [-0.4, -0.2) is 64.5 Å². The highest BCUT2D eigenvalue weighted by molar-refractivity contribution is 6.31. The Labute approximate surface area is 183 Å². The van der Waals surface area contributed by atoms with Gasteiger partial charge in [0.1, 0.15) is 11.9 Å². The SMILES string of the molecule is O=C(CN1CCN([C@H](C(=O)O)c2c[nH]c3cc(Cl)ccc23)CC1)Nc1cccc(F)c1. The zero-order chi connectivity index (χ0) is 22.0. The van der Waals surface area contributed by atoms with Crippen LogP contribution >= 0.6 is 11.6 Å². The molecule has 0 radical (unpaired) electrons. The Morgan fingerprint density at radius 3 is 2.65 bits per heavy atom. The first kappa shape index (κ1) is 21.3. The van der Waals surface area contributed by atoms with Gasteiger partial charge >= 0.3 is 5.97 Å². The number of rotatable bonds is 6. The molecule has 1 atom stereocenters. The molecule has 162 valence electrons. The average molecular weight is 445 g/mol. The Balaban J connectivity index is 1.39. The van der Waals surface area contributed by atoms with E-state index in [1.54, 1.807) is 24.4 Å². The van der Waals surface area contributed by atoms with Gasteiger partial charge in [0.05, 0.1) is 6.54 Å². The van der Waals surface area contributed by atoms with Gasteiger partial charge in [-0.25, -0.2) is 4.39 Å². The maximum absolute atomic E-state index is 13.3. The molecule has 0 spiro atoms. The molecule has 2 aromatic carbocycles. The summed E-state index contributed by atoms with van der Waals surface area (Å²) < 4.78 is 13.3. The average Bonchev–Trinajstić information content (AvgIpc) is 3.11. The molecular weight excluding hydrogens is 423 g/mol. The van der Waals surface area contributed by atoms with Gasteiger partial charge in [0.2, 0.25) is 5.91 Å². The van der Waals surface area contributed by atoms with Crippen LogP contribution in [0.2, 0.25) is 5.02 Å². The highest BCUT2D eigenvalue weighted by Crippen LogP contribution is 2.31. The molecule has 3 aromatic rings. The number of aromatic nitrogens is 1. The minimum Gasteiger partial charge on any atom is -0.480 e.